The lowest BCUT2D eigenvalue weighted by Gasteiger charge is -1.15. The maximum absolute atomic E-state index is 7.28. The van der Waals surface area contributed by atoms with Gasteiger partial charge in [-0.2, -0.15) is 5.26 Å². The van der Waals surface area contributed by atoms with Gasteiger partial charge in [0.25, 0.3) is 0 Å². The molecule has 4 heavy (non-hydrogen) atoms. The topological polar surface area (TPSA) is 23.8 Å². The first-order chi connectivity index (χ1) is 1.41. The van der Waals surface area contributed by atoms with E-state index >= 15 is 0 Å². The van der Waals surface area contributed by atoms with Crippen molar-refractivity contribution in [1.29, 1.82) is 5.26 Å². The minimum absolute atomic E-state index is 0. The fourth-order valence-electron chi connectivity index (χ4n) is 0. The molecule has 1 atom stereocenters. The van der Waals surface area contributed by atoms with Crippen molar-refractivity contribution in [1.82, 2.24) is 0 Å². The second kappa shape index (κ2) is 12.7. The van der Waals surface area contributed by atoms with E-state index < -0.39 is 0 Å². The summed E-state index contributed by atoms with van der Waals surface area (Å²) in [6.07, 6.45) is 0. The SMILES string of the molecule is C.N#CP. The molecular formula is C2H6NP. The van der Waals surface area contributed by atoms with Gasteiger partial charge in [-0.1, -0.05) is 7.43 Å². The first kappa shape index (κ1) is 9.07. The van der Waals surface area contributed by atoms with Gasteiger partial charge in [-0.3, -0.25) is 0 Å². The van der Waals surface area contributed by atoms with Crippen LogP contribution >= 0.6 is 9.24 Å². The van der Waals surface area contributed by atoms with E-state index in [9.17, 15) is 0 Å². The first-order valence-electron chi connectivity index (χ1n) is 0.512. The van der Waals surface area contributed by atoms with Crippen LogP contribution in [-0.2, 0) is 0 Å². The first-order valence-corrected chi connectivity index (χ1v) is 1.09. The van der Waals surface area contributed by atoms with Crippen LogP contribution in [0.15, 0.2) is 0 Å². The summed E-state index contributed by atoms with van der Waals surface area (Å²) in [5.41, 5.74) is 0. The summed E-state index contributed by atoms with van der Waals surface area (Å²) in [7, 11) is 1.88. The van der Waals surface area contributed by atoms with Crippen molar-refractivity contribution in [2.45, 2.75) is 7.43 Å². The van der Waals surface area contributed by atoms with Crippen LogP contribution < -0.4 is 0 Å². The molecule has 0 aliphatic rings. The number of nitriles is 1. The smallest absolute Gasteiger partial charge is 0.0804 e. The van der Waals surface area contributed by atoms with Crippen molar-refractivity contribution in [3.8, 4) is 5.81 Å². The van der Waals surface area contributed by atoms with Crippen LogP contribution in [0, 0.1) is 11.1 Å². The van der Waals surface area contributed by atoms with Gasteiger partial charge in [-0.05, 0) is 9.24 Å². The Bertz CT molecular complexity index is 27.5. The van der Waals surface area contributed by atoms with Crippen molar-refractivity contribution in [3.63, 3.8) is 0 Å². The Labute approximate surface area is 28.8 Å². The van der Waals surface area contributed by atoms with Gasteiger partial charge in [-0.15, -0.1) is 0 Å². The molecule has 0 aliphatic heterocycles. The predicted octanol–water partition coefficient (Wildman–Crippen LogP) is 0.979. The average Bonchev–Trinajstić information content (AvgIpc) is 0.918. The summed E-state index contributed by atoms with van der Waals surface area (Å²) in [4.78, 5) is 0. The predicted molar refractivity (Wildman–Crippen MR) is 22.1 cm³/mol. The van der Waals surface area contributed by atoms with Crippen LogP contribution in [0.4, 0.5) is 0 Å². The Morgan fingerprint density at radius 2 is 1.75 bits per heavy atom. The third kappa shape index (κ3) is 254. The Balaban J connectivity index is 0. The maximum Gasteiger partial charge on any atom is 0.0804 e. The van der Waals surface area contributed by atoms with Gasteiger partial charge >= 0.3 is 0 Å². The summed E-state index contributed by atoms with van der Waals surface area (Å²) in [5, 5.41) is 7.28. The molecule has 0 aromatic carbocycles. The Morgan fingerprint density at radius 3 is 1.75 bits per heavy atom. The molecule has 0 bridgehead atoms. The highest BCUT2D eigenvalue weighted by Crippen LogP contribution is 1.59. The van der Waals surface area contributed by atoms with Crippen LogP contribution in [-0.4, -0.2) is 0 Å². The van der Waals surface area contributed by atoms with Crippen molar-refractivity contribution >= 4 is 9.24 Å². The van der Waals surface area contributed by atoms with E-state index in [4.69, 9.17) is 5.26 Å². The van der Waals surface area contributed by atoms with E-state index in [-0.39, 0.29) is 7.43 Å². The number of rotatable bonds is 0. The third-order valence-electron chi connectivity index (χ3n) is 0. The van der Waals surface area contributed by atoms with E-state index in [1.54, 1.807) is 5.81 Å². The van der Waals surface area contributed by atoms with Crippen LogP contribution in [0.2, 0.25) is 0 Å². The molecule has 0 radical (unpaired) electrons. The molecular weight excluding hydrogens is 69.0 g/mol. The van der Waals surface area contributed by atoms with E-state index in [0.717, 1.165) is 0 Å². The van der Waals surface area contributed by atoms with Crippen molar-refractivity contribution in [3.05, 3.63) is 0 Å². The molecule has 0 saturated heterocycles. The second-order valence-corrected chi connectivity index (χ2v) is 0.387. The molecule has 0 aromatic heterocycles. The summed E-state index contributed by atoms with van der Waals surface area (Å²) < 4.78 is 0. The van der Waals surface area contributed by atoms with Gasteiger partial charge < -0.3 is 0 Å². The lowest BCUT2D eigenvalue weighted by molar-refractivity contribution is 1.57. The summed E-state index contributed by atoms with van der Waals surface area (Å²) in [5.74, 6) is 1.67. The second-order valence-electron chi connectivity index (χ2n) is 0.129. The van der Waals surface area contributed by atoms with Gasteiger partial charge in [0.15, 0.2) is 0 Å². The van der Waals surface area contributed by atoms with Crippen molar-refractivity contribution in [2.75, 3.05) is 0 Å². The van der Waals surface area contributed by atoms with E-state index in [1.165, 1.54) is 0 Å². The quantitative estimate of drug-likeness (QED) is 0.394. The van der Waals surface area contributed by atoms with Gasteiger partial charge in [0, 0.05) is 0 Å². The molecule has 0 N–H and O–H groups in total. The van der Waals surface area contributed by atoms with Crippen LogP contribution in [0.3, 0.4) is 0 Å². The molecule has 0 saturated carbocycles. The Hall–Kier alpha value is -0.0800. The molecule has 0 spiro atoms. The number of hydrogen-bond acceptors (Lipinski definition) is 1. The van der Waals surface area contributed by atoms with E-state index in [2.05, 4.69) is 0 Å². The molecule has 0 aromatic rings. The minimum atomic E-state index is 0. The van der Waals surface area contributed by atoms with Gasteiger partial charge in [-0.25, -0.2) is 0 Å². The van der Waals surface area contributed by atoms with Crippen LogP contribution in [0.25, 0.3) is 0 Å². The lowest BCUT2D eigenvalue weighted by Crippen LogP contribution is -0.917. The summed E-state index contributed by atoms with van der Waals surface area (Å²) >= 11 is 0. The fraction of sp³-hybridized carbons (Fsp3) is 0.500. The number of nitrogens with zero attached hydrogens (tertiary/aromatic N) is 1. The molecule has 0 aliphatic carbocycles. The van der Waals surface area contributed by atoms with Gasteiger partial charge in [0.1, 0.15) is 0 Å². The zero-order chi connectivity index (χ0) is 2.71. The van der Waals surface area contributed by atoms with Gasteiger partial charge in [0.05, 0.1) is 5.81 Å². The summed E-state index contributed by atoms with van der Waals surface area (Å²) in [6.45, 7) is 0. The summed E-state index contributed by atoms with van der Waals surface area (Å²) in [6, 6.07) is 0. The van der Waals surface area contributed by atoms with Crippen molar-refractivity contribution < 1.29 is 0 Å². The lowest BCUT2D eigenvalue weighted by atomic mass is 11.8. The molecule has 0 amide bonds. The van der Waals surface area contributed by atoms with Crippen LogP contribution in [0.1, 0.15) is 7.43 Å². The Kier molecular flexibility index (Phi) is 28.8. The Morgan fingerprint density at radius 1 is 1.75 bits per heavy atom. The fourth-order valence-corrected chi connectivity index (χ4v) is 0. The monoisotopic (exact) mass is 75.0 g/mol. The zero-order valence-electron chi connectivity index (χ0n) is 1.52. The average molecular weight is 75.1 g/mol. The van der Waals surface area contributed by atoms with Crippen LogP contribution in [0.5, 0.6) is 0 Å². The molecule has 0 heterocycles. The molecule has 24 valence electrons. The normalized spacial score (nSPS) is 2.00. The number of hydrogen-bond donors (Lipinski definition) is 0. The molecule has 0 fully saturated rings. The maximum atomic E-state index is 7.28. The molecule has 0 rings (SSSR count). The zero-order valence-corrected chi connectivity index (χ0v) is 2.68. The standard InChI is InChI=1S/CH2NP.CH4/c2-1-3;/h3H2;1H4. The molecule has 1 unspecified atom stereocenters. The van der Waals surface area contributed by atoms with E-state index in [0.29, 0.717) is 0 Å². The van der Waals surface area contributed by atoms with E-state index in [1.807, 2.05) is 9.24 Å². The molecule has 1 nitrogen and oxygen atoms in total. The highest BCUT2D eigenvalue weighted by Gasteiger charge is 1.17. The highest BCUT2D eigenvalue weighted by molar-refractivity contribution is 7.23. The third-order valence-corrected chi connectivity index (χ3v) is 0. The van der Waals surface area contributed by atoms with Crippen molar-refractivity contribution in [2.24, 2.45) is 0 Å². The highest BCUT2D eigenvalue weighted by atomic mass is 31.0. The minimum Gasteiger partial charge on any atom is -0.194 e. The van der Waals surface area contributed by atoms with Gasteiger partial charge in [0.2, 0.25) is 0 Å². The molecule has 2 heteroatoms. The largest absolute Gasteiger partial charge is 0.194 e.